The van der Waals surface area contributed by atoms with Crippen LogP contribution < -0.4 is 4.74 Å². The third-order valence-electron chi connectivity index (χ3n) is 8.59. The fraction of sp³-hybridized carbons (Fsp3) is 0.500. The van der Waals surface area contributed by atoms with Gasteiger partial charge in [-0.2, -0.15) is 0 Å². The van der Waals surface area contributed by atoms with Gasteiger partial charge in [-0.05, 0) is 48.8 Å². The highest BCUT2D eigenvalue weighted by Crippen LogP contribution is 2.50. The van der Waals surface area contributed by atoms with Crippen molar-refractivity contribution in [2.45, 2.75) is 70.1 Å². The molecule has 3 atom stereocenters. The van der Waals surface area contributed by atoms with Gasteiger partial charge in [-0.3, -0.25) is 4.99 Å². The quantitative estimate of drug-likeness (QED) is 0.588. The van der Waals surface area contributed by atoms with Crippen molar-refractivity contribution in [2.75, 3.05) is 7.11 Å². The number of nitrogens with zero attached hydrogens (tertiary/aromatic N) is 2. The van der Waals surface area contributed by atoms with E-state index >= 15 is 0 Å². The second kappa shape index (κ2) is 7.89. The second-order valence-corrected chi connectivity index (χ2v) is 10.3. The number of aromatic nitrogens is 1. The topological polar surface area (TPSA) is 63.8 Å². The Morgan fingerprint density at radius 3 is 2.70 bits per heavy atom. The van der Waals surface area contributed by atoms with E-state index in [2.05, 4.69) is 35.9 Å². The average Bonchev–Trinajstić information content (AvgIpc) is 3.38. The molecular weight excluding hydrogens is 412 g/mol. The molecule has 1 N–H and O–H groups in total. The molecule has 172 valence electrons. The maximum Gasteiger partial charge on any atom is 0.338 e. The summed E-state index contributed by atoms with van der Waals surface area (Å²) in [5.41, 5.74) is 5.96. The lowest BCUT2D eigenvalue weighted by atomic mass is 9.68. The Labute approximate surface area is 194 Å². The molecule has 6 rings (SSSR count). The van der Waals surface area contributed by atoms with Gasteiger partial charge in [0.25, 0.3) is 0 Å². The molecule has 0 spiro atoms. The molecule has 33 heavy (non-hydrogen) atoms. The Hall–Kier alpha value is -2.82. The van der Waals surface area contributed by atoms with Gasteiger partial charge in [-0.25, -0.2) is 4.79 Å². The number of hydrogen-bond donors (Lipinski definition) is 1. The molecule has 5 nitrogen and oxygen atoms in total. The fourth-order valence-electron chi connectivity index (χ4n) is 7.04. The number of aliphatic carboxylic acids is 1. The molecule has 4 aliphatic rings. The lowest BCUT2D eigenvalue weighted by Crippen LogP contribution is -2.30. The van der Waals surface area contributed by atoms with Crippen molar-refractivity contribution >= 4 is 28.8 Å². The number of hydrogen-bond acceptors (Lipinski definition) is 3. The molecule has 1 aromatic carbocycles. The van der Waals surface area contributed by atoms with E-state index in [9.17, 15) is 9.90 Å². The molecule has 0 bridgehead atoms. The highest BCUT2D eigenvalue weighted by molar-refractivity contribution is 6.18. The van der Waals surface area contributed by atoms with E-state index in [1.165, 1.54) is 55.3 Å². The summed E-state index contributed by atoms with van der Waals surface area (Å²) in [4.78, 5) is 16.8. The summed E-state index contributed by atoms with van der Waals surface area (Å²) in [5, 5.41) is 11.1. The third-order valence-corrected chi connectivity index (χ3v) is 8.59. The molecule has 2 aromatic rings. The molecular formula is C28H32N2O3. The minimum Gasteiger partial charge on any atom is -0.496 e. The Morgan fingerprint density at radius 1 is 1.12 bits per heavy atom. The standard InChI is InChI=1S/C28H32N2O3/c1-16-7-6-10-19-25(16)23-13-20-24(33-2)12-11-18(17-8-4-3-5-9-17)27(20)30(23)15-22-21(28(31)32)14-29-26(19)22/h11-17,19,25H,3-10H2,1-2H3,(H,31,32). The molecule has 1 aromatic heterocycles. The van der Waals surface area contributed by atoms with Crippen LogP contribution in [0, 0.1) is 11.8 Å². The summed E-state index contributed by atoms with van der Waals surface area (Å²) in [6.07, 6.45) is 13.4. The molecule has 3 unspecified atom stereocenters. The van der Waals surface area contributed by atoms with Crippen molar-refractivity contribution < 1.29 is 14.6 Å². The Balaban J connectivity index is 1.65. The molecule has 0 amide bonds. The number of methoxy groups -OCH3 is 1. The van der Waals surface area contributed by atoms with Gasteiger partial charge in [-0.1, -0.05) is 45.1 Å². The van der Waals surface area contributed by atoms with E-state index in [4.69, 9.17) is 9.73 Å². The first-order chi connectivity index (χ1) is 16.1. The molecule has 2 aliphatic heterocycles. The highest BCUT2D eigenvalue weighted by atomic mass is 16.5. The van der Waals surface area contributed by atoms with Crippen molar-refractivity contribution in [1.82, 2.24) is 4.57 Å². The number of aliphatic imine (C=N–C) groups is 1. The van der Waals surface area contributed by atoms with Crippen LogP contribution in [0.4, 0.5) is 0 Å². The molecule has 5 heteroatoms. The zero-order chi connectivity index (χ0) is 22.7. The van der Waals surface area contributed by atoms with E-state index in [0.29, 0.717) is 23.3 Å². The van der Waals surface area contributed by atoms with Gasteiger partial charge in [0, 0.05) is 40.9 Å². The first kappa shape index (κ1) is 20.8. The number of carbonyl (C=O) groups is 1. The summed E-state index contributed by atoms with van der Waals surface area (Å²) in [7, 11) is 1.75. The zero-order valence-corrected chi connectivity index (χ0v) is 19.5. The predicted octanol–water partition coefficient (Wildman–Crippen LogP) is 6.50. The zero-order valence-electron chi connectivity index (χ0n) is 19.5. The smallest absolute Gasteiger partial charge is 0.338 e. The van der Waals surface area contributed by atoms with Crippen LogP contribution in [-0.2, 0) is 4.79 Å². The van der Waals surface area contributed by atoms with Crippen LogP contribution in [-0.4, -0.2) is 28.5 Å². The van der Waals surface area contributed by atoms with Crippen molar-refractivity contribution in [2.24, 2.45) is 16.8 Å². The Morgan fingerprint density at radius 2 is 1.94 bits per heavy atom. The lowest BCUT2D eigenvalue weighted by Gasteiger charge is -2.36. The number of carboxylic acids is 1. The normalized spacial score (nSPS) is 27.1. The van der Waals surface area contributed by atoms with Crippen molar-refractivity contribution in [3.8, 4) is 5.75 Å². The maximum absolute atomic E-state index is 12.1. The second-order valence-electron chi connectivity index (χ2n) is 10.3. The number of fused-ring (bicyclic) bond motifs is 7. The van der Waals surface area contributed by atoms with Gasteiger partial charge in [-0.15, -0.1) is 0 Å². The van der Waals surface area contributed by atoms with Gasteiger partial charge in [0.2, 0.25) is 0 Å². The summed E-state index contributed by atoms with van der Waals surface area (Å²) in [6, 6.07) is 6.72. The van der Waals surface area contributed by atoms with Gasteiger partial charge in [0.15, 0.2) is 0 Å². The van der Waals surface area contributed by atoms with Gasteiger partial charge in [0.05, 0.1) is 23.9 Å². The number of benzene rings is 1. The lowest BCUT2D eigenvalue weighted by molar-refractivity contribution is -0.132. The number of carboxylic acid groups (broad SMARTS) is 1. The summed E-state index contributed by atoms with van der Waals surface area (Å²) >= 11 is 0. The molecule has 3 heterocycles. The largest absolute Gasteiger partial charge is 0.496 e. The maximum atomic E-state index is 12.1. The molecule has 0 radical (unpaired) electrons. The van der Waals surface area contributed by atoms with Crippen LogP contribution in [0.1, 0.15) is 81.4 Å². The van der Waals surface area contributed by atoms with E-state index < -0.39 is 5.97 Å². The van der Waals surface area contributed by atoms with Crippen LogP contribution in [0.2, 0.25) is 0 Å². The van der Waals surface area contributed by atoms with E-state index in [0.717, 1.165) is 35.3 Å². The summed E-state index contributed by atoms with van der Waals surface area (Å²) in [5.74, 6) is 1.63. The number of ether oxygens (including phenoxy) is 1. The van der Waals surface area contributed by atoms with E-state index in [-0.39, 0.29) is 5.92 Å². The summed E-state index contributed by atoms with van der Waals surface area (Å²) < 4.78 is 8.16. The monoisotopic (exact) mass is 444 g/mol. The Bertz CT molecular complexity index is 1230. The van der Waals surface area contributed by atoms with Crippen LogP contribution in [0.15, 0.2) is 40.5 Å². The van der Waals surface area contributed by atoms with Gasteiger partial charge >= 0.3 is 5.97 Å². The van der Waals surface area contributed by atoms with Crippen LogP contribution in [0.3, 0.4) is 0 Å². The molecule has 2 aliphatic carbocycles. The van der Waals surface area contributed by atoms with Crippen LogP contribution >= 0.6 is 0 Å². The van der Waals surface area contributed by atoms with Gasteiger partial charge in [0.1, 0.15) is 5.75 Å². The minimum absolute atomic E-state index is 0.253. The van der Waals surface area contributed by atoms with Crippen molar-refractivity contribution in [3.63, 3.8) is 0 Å². The number of rotatable bonds is 3. The predicted molar refractivity (Wildman–Crippen MR) is 131 cm³/mol. The highest BCUT2D eigenvalue weighted by Gasteiger charge is 2.42. The SMILES string of the molecule is COc1ccc(C2CCCCC2)c2c1cc1n2C=C2C(C(=O)O)=CN=C2C2CCCC(C)C12. The Kier molecular flexibility index (Phi) is 4.97. The van der Waals surface area contributed by atoms with E-state index in [1.807, 2.05) is 0 Å². The first-order valence-corrected chi connectivity index (χ1v) is 12.5. The fourth-order valence-corrected chi connectivity index (χ4v) is 7.04. The molecule has 2 fully saturated rings. The average molecular weight is 445 g/mol. The van der Waals surface area contributed by atoms with Crippen molar-refractivity contribution in [1.29, 1.82) is 0 Å². The van der Waals surface area contributed by atoms with Crippen LogP contribution in [0.5, 0.6) is 5.75 Å². The first-order valence-electron chi connectivity index (χ1n) is 12.5. The molecule has 2 saturated carbocycles. The minimum atomic E-state index is -0.898. The molecule has 0 saturated heterocycles. The summed E-state index contributed by atoms with van der Waals surface area (Å²) in [6.45, 7) is 2.35. The van der Waals surface area contributed by atoms with Crippen molar-refractivity contribution in [3.05, 3.63) is 46.8 Å². The van der Waals surface area contributed by atoms with E-state index in [1.54, 1.807) is 13.3 Å². The third kappa shape index (κ3) is 3.12. The van der Waals surface area contributed by atoms with Gasteiger partial charge < -0.3 is 14.4 Å². The van der Waals surface area contributed by atoms with Crippen LogP contribution in [0.25, 0.3) is 17.1 Å².